The van der Waals surface area contributed by atoms with Gasteiger partial charge in [0.05, 0.1) is 16.3 Å². The Morgan fingerprint density at radius 2 is 1.61 bits per heavy atom. The molecule has 2 aliphatic rings. The number of amides is 2. The lowest BCUT2D eigenvalue weighted by atomic mass is 9.90. The van der Waals surface area contributed by atoms with Crippen LogP contribution in [0.25, 0.3) is 0 Å². The number of sulfonamides is 1. The van der Waals surface area contributed by atoms with Crippen molar-refractivity contribution in [2.75, 3.05) is 55.1 Å². The highest BCUT2D eigenvalue weighted by Crippen LogP contribution is 2.30. The fourth-order valence-corrected chi connectivity index (χ4v) is 6.66. The molecular weight excluding hydrogens is 583 g/mol. The van der Waals surface area contributed by atoms with Crippen LogP contribution in [0.1, 0.15) is 44.6 Å². The fourth-order valence-electron chi connectivity index (χ4n) is 5.80. The zero-order chi connectivity index (χ0) is 29.6. The van der Waals surface area contributed by atoms with Gasteiger partial charge in [-0.15, -0.1) is 0 Å². The van der Waals surface area contributed by atoms with Crippen LogP contribution in [-0.2, 0) is 26.0 Å². The van der Waals surface area contributed by atoms with Gasteiger partial charge < -0.3 is 14.7 Å². The van der Waals surface area contributed by atoms with Gasteiger partial charge >= 0.3 is 0 Å². The van der Waals surface area contributed by atoms with Crippen LogP contribution >= 0.6 is 23.2 Å². The number of carbonyl (C=O) groups is 2. The summed E-state index contributed by atoms with van der Waals surface area (Å²) < 4.78 is 25.4. The smallest absolute Gasteiger partial charge is 0.230 e. The van der Waals surface area contributed by atoms with E-state index in [-0.39, 0.29) is 17.7 Å². The quantitative estimate of drug-likeness (QED) is 0.388. The Balaban J connectivity index is 1.28. The van der Waals surface area contributed by atoms with Crippen molar-refractivity contribution >= 4 is 56.4 Å². The van der Waals surface area contributed by atoms with E-state index in [4.69, 9.17) is 23.2 Å². The molecule has 2 aliphatic heterocycles. The van der Waals surface area contributed by atoms with Crippen LogP contribution in [0.5, 0.6) is 0 Å². The van der Waals surface area contributed by atoms with Crippen molar-refractivity contribution in [3.8, 4) is 0 Å². The van der Waals surface area contributed by atoms with E-state index in [2.05, 4.69) is 9.62 Å². The van der Waals surface area contributed by atoms with E-state index < -0.39 is 10.0 Å². The van der Waals surface area contributed by atoms with Crippen molar-refractivity contribution in [1.82, 2.24) is 9.80 Å². The van der Waals surface area contributed by atoms with Crippen molar-refractivity contribution in [3.63, 3.8) is 0 Å². The molecule has 1 N–H and O–H groups in total. The third kappa shape index (κ3) is 9.33. The SMILES string of the molecule is CC(=O)N1CCC(C(=O)N(CCCN2CCC(Cc3ccc(NS(C)(=O)=O)cc3)CC2)c2ccc(Cl)c(Cl)c2)CC1. The second-order valence-electron chi connectivity index (χ2n) is 11.3. The summed E-state index contributed by atoms with van der Waals surface area (Å²) in [5, 5.41) is 0.888. The monoisotopic (exact) mass is 622 g/mol. The number of hydrogen-bond donors (Lipinski definition) is 1. The number of anilines is 2. The highest BCUT2D eigenvalue weighted by atomic mass is 35.5. The summed E-state index contributed by atoms with van der Waals surface area (Å²) in [4.78, 5) is 31.5. The predicted molar refractivity (Wildman–Crippen MR) is 166 cm³/mol. The Kier molecular flexibility index (Phi) is 11.0. The highest BCUT2D eigenvalue weighted by molar-refractivity contribution is 7.92. The van der Waals surface area contributed by atoms with Crippen LogP contribution < -0.4 is 9.62 Å². The van der Waals surface area contributed by atoms with Gasteiger partial charge in [-0.25, -0.2) is 8.42 Å². The molecule has 11 heteroatoms. The first kappa shape index (κ1) is 31.6. The molecule has 2 fully saturated rings. The molecule has 2 heterocycles. The Morgan fingerprint density at radius 1 is 0.951 bits per heavy atom. The Labute approximate surface area is 254 Å². The average molecular weight is 624 g/mol. The van der Waals surface area contributed by atoms with Gasteiger partial charge in [0, 0.05) is 43.9 Å². The zero-order valence-electron chi connectivity index (χ0n) is 23.8. The highest BCUT2D eigenvalue weighted by Gasteiger charge is 2.30. The van der Waals surface area contributed by atoms with Crippen molar-refractivity contribution in [1.29, 1.82) is 0 Å². The maximum atomic E-state index is 13.7. The van der Waals surface area contributed by atoms with Crippen LogP contribution in [-0.4, -0.2) is 75.6 Å². The Hall–Kier alpha value is -2.33. The third-order valence-electron chi connectivity index (χ3n) is 8.12. The van der Waals surface area contributed by atoms with Gasteiger partial charge in [0.15, 0.2) is 0 Å². The topological polar surface area (TPSA) is 90.0 Å². The van der Waals surface area contributed by atoms with Crippen molar-refractivity contribution in [2.45, 2.75) is 45.4 Å². The summed E-state index contributed by atoms with van der Waals surface area (Å²) in [6.45, 7) is 6.33. The maximum absolute atomic E-state index is 13.7. The van der Waals surface area contributed by atoms with Gasteiger partial charge in [0.2, 0.25) is 21.8 Å². The van der Waals surface area contributed by atoms with Crippen LogP contribution in [0.3, 0.4) is 0 Å². The molecule has 2 aromatic carbocycles. The van der Waals surface area contributed by atoms with E-state index in [0.29, 0.717) is 54.1 Å². The first-order valence-electron chi connectivity index (χ1n) is 14.3. The lowest BCUT2D eigenvalue weighted by Crippen LogP contribution is -2.45. The largest absolute Gasteiger partial charge is 0.343 e. The molecule has 0 saturated carbocycles. The third-order valence-corrected chi connectivity index (χ3v) is 9.46. The molecule has 2 amide bonds. The van der Waals surface area contributed by atoms with Crippen LogP contribution in [0.15, 0.2) is 42.5 Å². The normalized spacial score (nSPS) is 17.4. The number of rotatable bonds is 10. The molecule has 8 nitrogen and oxygen atoms in total. The minimum Gasteiger partial charge on any atom is -0.343 e. The summed E-state index contributed by atoms with van der Waals surface area (Å²) in [6, 6.07) is 13.0. The molecule has 224 valence electrons. The molecular formula is C30H40Cl2N4O4S. The number of nitrogens with one attached hydrogen (secondary N) is 1. The van der Waals surface area contributed by atoms with Gasteiger partial charge in [-0.05, 0) is 100.0 Å². The molecule has 2 aromatic rings. The minimum atomic E-state index is -3.27. The van der Waals surface area contributed by atoms with E-state index in [1.165, 1.54) is 5.56 Å². The number of carbonyl (C=O) groups excluding carboxylic acids is 2. The van der Waals surface area contributed by atoms with Gasteiger partial charge in [-0.1, -0.05) is 35.3 Å². The molecule has 0 aliphatic carbocycles. The van der Waals surface area contributed by atoms with Crippen LogP contribution in [0, 0.1) is 11.8 Å². The van der Waals surface area contributed by atoms with Crippen molar-refractivity contribution in [2.24, 2.45) is 11.8 Å². The molecule has 0 radical (unpaired) electrons. The minimum absolute atomic E-state index is 0.0563. The van der Waals surface area contributed by atoms with Gasteiger partial charge in [-0.2, -0.15) is 0 Å². The fraction of sp³-hybridized carbons (Fsp3) is 0.533. The summed E-state index contributed by atoms with van der Waals surface area (Å²) in [5.41, 5.74) is 2.56. The number of likely N-dealkylation sites (tertiary alicyclic amines) is 2. The summed E-state index contributed by atoms with van der Waals surface area (Å²) in [5.74, 6) is 0.617. The van der Waals surface area contributed by atoms with Crippen molar-refractivity contribution < 1.29 is 18.0 Å². The van der Waals surface area contributed by atoms with Gasteiger partial charge in [-0.3, -0.25) is 14.3 Å². The number of piperidine rings is 2. The molecule has 2 saturated heterocycles. The summed E-state index contributed by atoms with van der Waals surface area (Å²) in [6.07, 6.45) is 6.52. The van der Waals surface area contributed by atoms with E-state index in [1.807, 2.05) is 40.1 Å². The number of benzene rings is 2. The molecule has 0 unspecified atom stereocenters. The Bertz CT molecular complexity index is 1310. The number of halogens is 2. The summed E-state index contributed by atoms with van der Waals surface area (Å²) in [7, 11) is -3.27. The average Bonchev–Trinajstić information content (AvgIpc) is 2.93. The van der Waals surface area contributed by atoms with Crippen molar-refractivity contribution in [3.05, 3.63) is 58.1 Å². The lowest BCUT2D eigenvalue weighted by Gasteiger charge is -2.35. The first-order valence-corrected chi connectivity index (χ1v) is 16.9. The standard InChI is InChI=1S/C30H40Cl2N4O4S/c1-22(37)35-18-12-25(13-19-35)30(38)36(27-8-9-28(31)29(32)21-27)15-3-14-34-16-10-24(11-17-34)20-23-4-6-26(7-5-23)33-41(2,39)40/h4-9,21,24-25,33H,3,10-20H2,1-2H3. The molecule has 0 bridgehead atoms. The lowest BCUT2D eigenvalue weighted by molar-refractivity contribution is -0.133. The number of nitrogens with zero attached hydrogens (tertiary/aromatic N) is 3. The van der Waals surface area contributed by atoms with Crippen LogP contribution in [0.4, 0.5) is 11.4 Å². The van der Waals surface area contributed by atoms with E-state index in [9.17, 15) is 18.0 Å². The second kappa shape index (κ2) is 14.2. The van der Waals surface area contributed by atoms with Gasteiger partial charge in [0.25, 0.3) is 0 Å². The Morgan fingerprint density at radius 3 is 2.20 bits per heavy atom. The number of hydrogen-bond acceptors (Lipinski definition) is 5. The van der Waals surface area contributed by atoms with Crippen LogP contribution in [0.2, 0.25) is 10.0 Å². The maximum Gasteiger partial charge on any atom is 0.230 e. The molecule has 4 rings (SSSR count). The molecule has 41 heavy (non-hydrogen) atoms. The predicted octanol–water partition coefficient (Wildman–Crippen LogP) is 5.30. The van der Waals surface area contributed by atoms with E-state index >= 15 is 0 Å². The first-order chi connectivity index (χ1) is 19.5. The van der Waals surface area contributed by atoms with E-state index in [1.54, 1.807) is 19.1 Å². The summed E-state index contributed by atoms with van der Waals surface area (Å²) >= 11 is 12.5. The molecule has 0 spiro atoms. The molecule has 0 aromatic heterocycles. The molecule has 0 atom stereocenters. The van der Waals surface area contributed by atoms with Gasteiger partial charge in [0.1, 0.15) is 0 Å². The second-order valence-corrected chi connectivity index (χ2v) is 13.8. The van der Waals surface area contributed by atoms with E-state index in [0.717, 1.165) is 57.3 Å². The zero-order valence-corrected chi connectivity index (χ0v) is 26.1.